The normalized spacial score (nSPS) is 15.2. The van der Waals surface area contributed by atoms with E-state index in [0.29, 0.717) is 12.1 Å². The van der Waals surface area contributed by atoms with E-state index in [2.05, 4.69) is 21.2 Å². The predicted octanol–water partition coefficient (Wildman–Crippen LogP) is 4.78. The molecule has 0 aromatic heterocycles. The third-order valence-corrected chi connectivity index (χ3v) is 8.67. The highest BCUT2D eigenvalue weighted by atomic mass is 79.9. The molecular weight excluding hydrogens is 542 g/mol. The van der Waals surface area contributed by atoms with Crippen LogP contribution in [-0.4, -0.2) is 50.0 Å². The van der Waals surface area contributed by atoms with Crippen LogP contribution >= 0.6 is 15.9 Å². The number of anilines is 1. The minimum Gasteiger partial charge on any atom is -0.352 e. The van der Waals surface area contributed by atoms with Crippen molar-refractivity contribution in [2.24, 2.45) is 0 Å². The average molecular weight is 579 g/mol. The molecule has 9 heteroatoms. The van der Waals surface area contributed by atoms with E-state index in [1.807, 2.05) is 44.2 Å². The lowest BCUT2D eigenvalue weighted by atomic mass is 9.95. The molecule has 0 radical (unpaired) electrons. The summed E-state index contributed by atoms with van der Waals surface area (Å²) in [5, 5.41) is 3.15. The molecule has 2 aromatic rings. The van der Waals surface area contributed by atoms with Gasteiger partial charge in [0.2, 0.25) is 21.8 Å². The number of benzene rings is 2. The molecule has 1 fully saturated rings. The van der Waals surface area contributed by atoms with E-state index in [1.54, 1.807) is 18.2 Å². The van der Waals surface area contributed by atoms with Crippen molar-refractivity contribution < 1.29 is 18.0 Å². The maximum atomic E-state index is 13.8. The van der Waals surface area contributed by atoms with E-state index in [4.69, 9.17) is 0 Å². The van der Waals surface area contributed by atoms with Gasteiger partial charge in [0.15, 0.2) is 0 Å². The molecule has 1 saturated carbocycles. The highest BCUT2D eigenvalue weighted by Crippen LogP contribution is 2.25. The van der Waals surface area contributed by atoms with Gasteiger partial charge < -0.3 is 10.2 Å². The fourth-order valence-electron chi connectivity index (χ4n) is 4.64. The van der Waals surface area contributed by atoms with Crippen molar-refractivity contribution >= 4 is 43.5 Å². The summed E-state index contributed by atoms with van der Waals surface area (Å²) in [6, 6.07) is 14.0. The third kappa shape index (κ3) is 7.56. The number of halogens is 1. The van der Waals surface area contributed by atoms with Crippen molar-refractivity contribution in [2.75, 3.05) is 17.1 Å². The quantitative estimate of drug-likeness (QED) is 0.440. The summed E-state index contributed by atoms with van der Waals surface area (Å²) in [7, 11) is -3.75. The lowest BCUT2D eigenvalue weighted by Crippen LogP contribution is -2.53. The highest BCUT2D eigenvalue weighted by molar-refractivity contribution is 9.10. The fraction of sp³-hybridized carbons (Fsp3) is 0.481. The molecule has 1 aliphatic rings. The molecule has 1 N–H and O–H groups in total. The molecular formula is C27H36BrN3O4S. The fourth-order valence-corrected chi connectivity index (χ4v) is 5.73. The van der Waals surface area contributed by atoms with E-state index in [0.717, 1.165) is 51.8 Å². The molecule has 0 heterocycles. The molecule has 0 spiro atoms. The summed E-state index contributed by atoms with van der Waals surface area (Å²) in [5.74, 6) is -0.602. The van der Waals surface area contributed by atoms with Crippen LogP contribution in [0.1, 0.15) is 56.6 Å². The van der Waals surface area contributed by atoms with Gasteiger partial charge in [0.1, 0.15) is 12.6 Å². The van der Waals surface area contributed by atoms with Gasteiger partial charge in [-0.25, -0.2) is 8.42 Å². The lowest BCUT2D eigenvalue weighted by Gasteiger charge is -2.34. The highest BCUT2D eigenvalue weighted by Gasteiger charge is 2.32. The average Bonchev–Trinajstić information content (AvgIpc) is 2.84. The van der Waals surface area contributed by atoms with Crippen LogP contribution in [0.15, 0.2) is 53.0 Å². The standard InChI is InChI=1S/C27H36BrN3O4S/c1-4-25(27(33)29-22-13-9-6-10-14-22)30(18-21-11-7-5-8-12-21)26(32)19-31(36(3,34)35)23-15-16-24(28)20(2)17-23/h5,7-8,11-12,15-17,22,25H,4,6,9-10,13-14,18-19H2,1-3H3,(H,29,33)/t25-/m1/s1. The molecule has 0 aliphatic heterocycles. The van der Waals surface area contributed by atoms with Crippen LogP contribution < -0.4 is 9.62 Å². The number of aryl methyl sites for hydroxylation is 1. The number of carbonyl (C=O) groups is 2. The molecule has 2 aromatic carbocycles. The molecule has 0 bridgehead atoms. The van der Waals surface area contributed by atoms with Crippen LogP contribution in [0.2, 0.25) is 0 Å². The Morgan fingerprint density at radius 1 is 1.08 bits per heavy atom. The van der Waals surface area contributed by atoms with Gasteiger partial charge in [-0.05, 0) is 55.5 Å². The number of amides is 2. The Labute approximate surface area is 223 Å². The molecule has 1 aliphatic carbocycles. The third-order valence-electron chi connectivity index (χ3n) is 6.64. The molecule has 1 atom stereocenters. The van der Waals surface area contributed by atoms with Crippen LogP contribution in [-0.2, 0) is 26.2 Å². The van der Waals surface area contributed by atoms with Crippen LogP contribution in [0.5, 0.6) is 0 Å². The molecule has 7 nitrogen and oxygen atoms in total. The predicted molar refractivity (Wildman–Crippen MR) is 147 cm³/mol. The van der Waals surface area contributed by atoms with Crippen LogP contribution in [0.25, 0.3) is 0 Å². The van der Waals surface area contributed by atoms with Crippen molar-refractivity contribution in [1.29, 1.82) is 0 Å². The smallest absolute Gasteiger partial charge is 0.244 e. The maximum Gasteiger partial charge on any atom is 0.244 e. The molecule has 2 amide bonds. The Morgan fingerprint density at radius 2 is 1.75 bits per heavy atom. The topological polar surface area (TPSA) is 86.8 Å². The zero-order valence-corrected chi connectivity index (χ0v) is 23.6. The molecule has 3 rings (SSSR count). The first kappa shape index (κ1) is 28.2. The van der Waals surface area contributed by atoms with Crippen molar-refractivity contribution in [3.05, 3.63) is 64.1 Å². The first-order valence-electron chi connectivity index (χ1n) is 12.5. The van der Waals surface area contributed by atoms with Crippen molar-refractivity contribution in [1.82, 2.24) is 10.2 Å². The Morgan fingerprint density at radius 3 is 2.33 bits per heavy atom. The van der Waals surface area contributed by atoms with E-state index in [1.165, 1.54) is 11.3 Å². The second-order valence-corrected chi connectivity index (χ2v) is 12.2. The number of nitrogens with zero attached hydrogens (tertiary/aromatic N) is 2. The van der Waals surface area contributed by atoms with E-state index >= 15 is 0 Å². The van der Waals surface area contributed by atoms with Gasteiger partial charge in [0.05, 0.1) is 11.9 Å². The summed E-state index contributed by atoms with van der Waals surface area (Å²) < 4.78 is 27.4. The molecule has 0 saturated heterocycles. The van der Waals surface area contributed by atoms with Crippen molar-refractivity contribution in [3.63, 3.8) is 0 Å². The number of carbonyl (C=O) groups excluding carboxylic acids is 2. The van der Waals surface area contributed by atoms with Crippen LogP contribution in [0.4, 0.5) is 5.69 Å². The summed E-state index contributed by atoms with van der Waals surface area (Å²) in [5.41, 5.74) is 2.14. The van der Waals surface area contributed by atoms with Gasteiger partial charge >= 0.3 is 0 Å². The van der Waals surface area contributed by atoms with E-state index in [-0.39, 0.29) is 25.0 Å². The first-order chi connectivity index (χ1) is 17.1. The second kappa shape index (κ2) is 12.7. The number of hydrogen-bond acceptors (Lipinski definition) is 4. The van der Waals surface area contributed by atoms with Crippen molar-refractivity contribution in [2.45, 2.75) is 71.0 Å². The zero-order valence-electron chi connectivity index (χ0n) is 21.2. The monoisotopic (exact) mass is 577 g/mol. The molecule has 0 unspecified atom stereocenters. The number of sulfonamides is 1. The number of hydrogen-bond donors (Lipinski definition) is 1. The minimum atomic E-state index is -3.75. The number of nitrogens with one attached hydrogen (secondary N) is 1. The Hall–Kier alpha value is -2.39. The molecule has 36 heavy (non-hydrogen) atoms. The Balaban J connectivity index is 1.90. The van der Waals surface area contributed by atoms with Gasteiger partial charge in [0, 0.05) is 17.1 Å². The van der Waals surface area contributed by atoms with Crippen LogP contribution in [0.3, 0.4) is 0 Å². The Kier molecular flexibility index (Phi) is 9.96. The zero-order chi connectivity index (χ0) is 26.3. The summed E-state index contributed by atoms with van der Waals surface area (Å²) in [4.78, 5) is 28.7. The second-order valence-electron chi connectivity index (χ2n) is 9.48. The van der Waals surface area contributed by atoms with E-state index < -0.39 is 22.0 Å². The van der Waals surface area contributed by atoms with Gasteiger partial charge in [-0.2, -0.15) is 0 Å². The van der Waals surface area contributed by atoms with Gasteiger partial charge in [-0.15, -0.1) is 0 Å². The summed E-state index contributed by atoms with van der Waals surface area (Å²) in [6.07, 6.45) is 6.76. The van der Waals surface area contributed by atoms with Crippen LogP contribution in [0, 0.1) is 6.92 Å². The summed E-state index contributed by atoms with van der Waals surface area (Å²) in [6.45, 7) is 3.57. The van der Waals surface area contributed by atoms with Gasteiger partial charge in [-0.3, -0.25) is 13.9 Å². The minimum absolute atomic E-state index is 0.118. The maximum absolute atomic E-state index is 13.8. The van der Waals surface area contributed by atoms with Crippen molar-refractivity contribution in [3.8, 4) is 0 Å². The van der Waals surface area contributed by atoms with Gasteiger partial charge in [0.25, 0.3) is 0 Å². The molecule has 196 valence electrons. The van der Waals surface area contributed by atoms with E-state index in [9.17, 15) is 18.0 Å². The Bertz CT molecular complexity index is 1150. The first-order valence-corrected chi connectivity index (χ1v) is 15.1. The largest absolute Gasteiger partial charge is 0.352 e. The lowest BCUT2D eigenvalue weighted by molar-refractivity contribution is -0.140. The van der Waals surface area contributed by atoms with Gasteiger partial charge in [-0.1, -0.05) is 72.4 Å². The SMILES string of the molecule is CC[C@H](C(=O)NC1CCCCC1)N(Cc1ccccc1)C(=O)CN(c1ccc(Br)c(C)c1)S(C)(=O)=O. The summed E-state index contributed by atoms with van der Waals surface area (Å²) >= 11 is 3.44. The number of rotatable bonds is 10.